The number of anilines is 1. The number of nitrogens with zero attached hydrogens (tertiary/aromatic N) is 4. The van der Waals surface area contributed by atoms with E-state index < -0.39 is 22.7 Å². The number of alkyl halides is 3. The molecule has 1 amide bonds. The van der Waals surface area contributed by atoms with Crippen molar-refractivity contribution in [3.05, 3.63) is 51.8 Å². The minimum Gasteiger partial charge on any atom is -0.369 e. The molecule has 28 heavy (non-hydrogen) atoms. The number of nitro groups is 1. The minimum absolute atomic E-state index is 0.147. The van der Waals surface area contributed by atoms with Crippen molar-refractivity contribution in [2.24, 2.45) is 0 Å². The summed E-state index contributed by atoms with van der Waals surface area (Å²) in [6.07, 6.45) is -1.90. The second-order valence-electron chi connectivity index (χ2n) is 6.46. The highest BCUT2D eigenvalue weighted by atomic mass is 19.4. The summed E-state index contributed by atoms with van der Waals surface area (Å²) in [5.41, 5.74) is -0.518. The first kappa shape index (κ1) is 19.6. The summed E-state index contributed by atoms with van der Waals surface area (Å²) < 4.78 is 39.7. The molecule has 8 nitrogen and oxygen atoms in total. The van der Waals surface area contributed by atoms with Crippen molar-refractivity contribution >= 4 is 17.3 Å². The average Bonchev–Trinajstić information content (AvgIpc) is 3.17. The Hall–Kier alpha value is -3.11. The monoisotopic (exact) mass is 397 g/mol. The first-order valence-electron chi connectivity index (χ1n) is 8.58. The summed E-state index contributed by atoms with van der Waals surface area (Å²) in [7, 11) is 1.42. The average molecular weight is 397 g/mol. The molecular formula is C17H18F3N5O3. The van der Waals surface area contributed by atoms with Crippen LogP contribution in [-0.2, 0) is 6.18 Å². The van der Waals surface area contributed by atoms with Gasteiger partial charge < -0.3 is 10.2 Å². The summed E-state index contributed by atoms with van der Waals surface area (Å²) in [6, 6.07) is 4.63. The fraction of sp³-hybridized carbons (Fsp3) is 0.412. The van der Waals surface area contributed by atoms with Crippen LogP contribution in [0.2, 0.25) is 0 Å². The Bertz CT molecular complexity index is 896. The third-order valence-electron chi connectivity index (χ3n) is 4.67. The van der Waals surface area contributed by atoms with Crippen LogP contribution >= 0.6 is 0 Å². The fourth-order valence-corrected chi connectivity index (χ4v) is 3.31. The standard InChI is InChI=1S/C17H18F3N5O3/c1-21-16(26)13-9-11(25(27)28)4-5-14(13)23-7-2-3-12(10-23)24-8-6-15(22-24)17(18,19)20/h4-6,8-9,12H,2-3,7,10H2,1H3,(H,21,26). The number of carbonyl (C=O) groups excluding carboxylic acids is 1. The number of non-ortho nitro benzene ring substituents is 1. The van der Waals surface area contributed by atoms with Gasteiger partial charge in [0.25, 0.3) is 11.6 Å². The van der Waals surface area contributed by atoms with Crippen molar-refractivity contribution in [3.63, 3.8) is 0 Å². The molecule has 2 aromatic rings. The van der Waals surface area contributed by atoms with Gasteiger partial charge in [-0.05, 0) is 25.0 Å². The van der Waals surface area contributed by atoms with Crippen LogP contribution in [0.4, 0.5) is 24.5 Å². The fourth-order valence-electron chi connectivity index (χ4n) is 3.31. The quantitative estimate of drug-likeness (QED) is 0.632. The molecule has 0 aliphatic carbocycles. The van der Waals surface area contributed by atoms with Gasteiger partial charge in [0, 0.05) is 38.5 Å². The second-order valence-corrected chi connectivity index (χ2v) is 6.46. The zero-order chi connectivity index (χ0) is 20.5. The van der Waals surface area contributed by atoms with Gasteiger partial charge in [-0.15, -0.1) is 0 Å². The SMILES string of the molecule is CNC(=O)c1cc([N+](=O)[O-])ccc1N1CCCC(n2ccc(C(F)(F)F)n2)C1. The lowest BCUT2D eigenvalue weighted by Gasteiger charge is -2.35. The number of nitrogens with one attached hydrogen (secondary N) is 1. The lowest BCUT2D eigenvalue weighted by atomic mass is 10.0. The molecule has 1 atom stereocenters. The van der Waals surface area contributed by atoms with E-state index in [9.17, 15) is 28.1 Å². The molecular weight excluding hydrogens is 379 g/mol. The van der Waals surface area contributed by atoms with Crippen molar-refractivity contribution < 1.29 is 22.9 Å². The smallest absolute Gasteiger partial charge is 0.369 e. The van der Waals surface area contributed by atoms with Gasteiger partial charge in [-0.1, -0.05) is 0 Å². The van der Waals surface area contributed by atoms with Gasteiger partial charge in [-0.3, -0.25) is 19.6 Å². The molecule has 3 rings (SSSR count). The molecule has 1 saturated heterocycles. The van der Waals surface area contributed by atoms with E-state index in [1.54, 1.807) is 0 Å². The van der Waals surface area contributed by atoms with Gasteiger partial charge in [0.1, 0.15) is 0 Å². The van der Waals surface area contributed by atoms with E-state index in [1.807, 2.05) is 4.90 Å². The molecule has 2 heterocycles. The predicted octanol–water partition coefficient (Wildman–Crippen LogP) is 3.01. The number of nitro benzene ring substituents is 1. The first-order valence-corrected chi connectivity index (χ1v) is 8.58. The van der Waals surface area contributed by atoms with Crippen LogP contribution in [0.25, 0.3) is 0 Å². The van der Waals surface area contributed by atoms with E-state index in [4.69, 9.17) is 0 Å². The van der Waals surface area contributed by atoms with Crippen LogP contribution in [0.1, 0.15) is 34.9 Å². The molecule has 0 radical (unpaired) electrons. The summed E-state index contributed by atoms with van der Waals surface area (Å²) in [5.74, 6) is -0.473. The molecule has 1 aromatic carbocycles. The molecule has 0 saturated carbocycles. The van der Waals surface area contributed by atoms with Crippen LogP contribution in [0, 0.1) is 10.1 Å². The molecule has 1 N–H and O–H groups in total. The topological polar surface area (TPSA) is 93.3 Å². The van der Waals surface area contributed by atoms with Gasteiger partial charge in [-0.25, -0.2) is 0 Å². The van der Waals surface area contributed by atoms with E-state index in [0.717, 1.165) is 6.07 Å². The van der Waals surface area contributed by atoms with Crippen LogP contribution in [0.3, 0.4) is 0 Å². The highest BCUT2D eigenvalue weighted by Gasteiger charge is 2.35. The van der Waals surface area contributed by atoms with Gasteiger partial charge in [0.2, 0.25) is 0 Å². The van der Waals surface area contributed by atoms with Crippen molar-refractivity contribution in [1.29, 1.82) is 0 Å². The molecule has 0 spiro atoms. The predicted molar refractivity (Wildman–Crippen MR) is 94.2 cm³/mol. The third kappa shape index (κ3) is 3.92. The molecule has 11 heteroatoms. The third-order valence-corrected chi connectivity index (χ3v) is 4.67. The molecule has 1 fully saturated rings. The largest absolute Gasteiger partial charge is 0.435 e. The number of piperidine rings is 1. The molecule has 1 aromatic heterocycles. The summed E-state index contributed by atoms with van der Waals surface area (Å²) >= 11 is 0. The van der Waals surface area contributed by atoms with E-state index in [-0.39, 0.29) is 17.3 Å². The van der Waals surface area contributed by atoms with Crippen LogP contribution in [-0.4, -0.2) is 40.7 Å². The zero-order valence-electron chi connectivity index (χ0n) is 14.9. The maximum Gasteiger partial charge on any atom is 0.435 e. The van der Waals surface area contributed by atoms with Crippen LogP contribution < -0.4 is 10.2 Å². The number of carbonyl (C=O) groups is 1. The number of hydrogen-bond donors (Lipinski definition) is 1. The Morgan fingerprint density at radius 1 is 1.36 bits per heavy atom. The highest BCUT2D eigenvalue weighted by molar-refractivity contribution is 6.00. The zero-order valence-corrected chi connectivity index (χ0v) is 14.9. The van der Waals surface area contributed by atoms with E-state index >= 15 is 0 Å². The molecule has 1 aliphatic heterocycles. The Morgan fingerprint density at radius 2 is 2.11 bits per heavy atom. The maximum absolute atomic E-state index is 12.8. The van der Waals surface area contributed by atoms with Crippen molar-refractivity contribution in [1.82, 2.24) is 15.1 Å². The summed E-state index contributed by atoms with van der Waals surface area (Å²) in [5, 5.41) is 17.1. The molecule has 1 aliphatic rings. The lowest BCUT2D eigenvalue weighted by molar-refractivity contribution is -0.384. The number of aromatic nitrogens is 2. The van der Waals surface area contributed by atoms with E-state index in [2.05, 4.69) is 10.4 Å². The summed E-state index contributed by atoms with van der Waals surface area (Å²) in [6.45, 7) is 0.909. The van der Waals surface area contributed by atoms with Crippen LogP contribution in [0.5, 0.6) is 0 Å². The summed E-state index contributed by atoms with van der Waals surface area (Å²) in [4.78, 5) is 24.5. The van der Waals surface area contributed by atoms with E-state index in [1.165, 1.54) is 36.1 Å². The van der Waals surface area contributed by atoms with Gasteiger partial charge in [-0.2, -0.15) is 18.3 Å². The second kappa shape index (κ2) is 7.49. The van der Waals surface area contributed by atoms with E-state index in [0.29, 0.717) is 31.6 Å². The first-order chi connectivity index (χ1) is 13.2. The Labute approximate surface area is 158 Å². The van der Waals surface area contributed by atoms with Gasteiger partial charge in [0.15, 0.2) is 5.69 Å². The molecule has 1 unspecified atom stereocenters. The number of amides is 1. The normalized spacial score (nSPS) is 17.4. The molecule has 150 valence electrons. The van der Waals surface area contributed by atoms with Gasteiger partial charge >= 0.3 is 6.18 Å². The Kier molecular flexibility index (Phi) is 5.25. The van der Waals surface area contributed by atoms with Crippen molar-refractivity contribution in [3.8, 4) is 0 Å². The van der Waals surface area contributed by atoms with Crippen molar-refractivity contribution in [2.75, 3.05) is 25.0 Å². The Balaban J connectivity index is 1.89. The number of benzene rings is 1. The number of halogens is 3. The number of hydrogen-bond acceptors (Lipinski definition) is 5. The number of rotatable bonds is 4. The van der Waals surface area contributed by atoms with Gasteiger partial charge in [0.05, 0.1) is 22.2 Å². The Morgan fingerprint density at radius 3 is 2.71 bits per heavy atom. The lowest BCUT2D eigenvalue weighted by Crippen LogP contribution is -2.38. The van der Waals surface area contributed by atoms with Crippen molar-refractivity contribution in [2.45, 2.75) is 25.1 Å². The maximum atomic E-state index is 12.8. The van der Waals surface area contributed by atoms with Crippen LogP contribution in [0.15, 0.2) is 30.5 Å². The molecule has 0 bridgehead atoms. The highest BCUT2D eigenvalue weighted by Crippen LogP contribution is 2.32. The minimum atomic E-state index is -4.51.